The molecule has 1 aliphatic carbocycles. The summed E-state index contributed by atoms with van der Waals surface area (Å²) in [5.41, 5.74) is 1.53. The van der Waals surface area contributed by atoms with Gasteiger partial charge in [0.05, 0.1) is 0 Å². The van der Waals surface area contributed by atoms with E-state index >= 15 is 0 Å². The smallest absolute Gasteiger partial charge is 0.0465 e. The maximum Gasteiger partial charge on any atom is 0.0465 e. The second-order valence-corrected chi connectivity index (χ2v) is 6.14. The lowest BCUT2D eigenvalue weighted by atomic mass is 9.92. The molecule has 1 nitrogen and oxygen atoms in total. The topological polar surface area (TPSA) is 12.0 Å². The molecule has 94 valence electrons. The van der Waals surface area contributed by atoms with Gasteiger partial charge in [0.1, 0.15) is 0 Å². The molecule has 1 aromatic rings. The van der Waals surface area contributed by atoms with Gasteiger partial charge < -0.3 is 5.32 Å². The molecular weight excluding hydrogens is 253 g/mol. The van der Waals surface area contributed by atoms with Gasteiger partial charge in [-0.3, -0.25) is 0 Å². The molecule has 0 bridgehead atoms. The molecule has 0 aromatic heterocycles. The molecule has 1 aliphatic rings. The highest BCUT2D eigenvalue weighted by molar-refractivity contribution is 6.35. The average molecular weight is 272 g/mol. The number of benzene rings is 1. The molecule has 1 saturated carbocycles. The van der Waals surface area contributed by atoms with E-state index in [1.54, 1.807) is 0 Å². The highest BCUT2D eigenvalue weighted by atomic mass is 35.5. The van der Waals surface area contributed by atoms with Crippen LogP contribution in [0, 0.1) is 11.3 Å². The van der Waals surface area contributed by atoms with Crippen molar-refractivity contribution in [3.63, 3.8) is 0 Å². The third-order valence-electron chi connectivity index (χ3n) is 3.96. The number of nitrogens with one attached hydrogen (secondary N) is 1. The maximum atomic E-state index is 6.13. The van der Waals surface area contributed by atoms with E-state index in [-0.39, 0.29) is 0 Å². The van der Waals surface area contributed by atoms with Gasteiger partial charge in [0.25, 0.3) is 0 Å². The molecule has 0 unspecified atom stereocenters. The maximum absolute atomic E-state index is 6.13. The lowest BCUT2D eigenvalue weighted by Crippen LogP contribution is -2.27. The molecule has 0 radical (unpaired) electrons. The highest BCUT2D eigenvalue weighted by Crippen LogP contribution is 2.51. The van der Waals surface area contributed by atoms with Crippen molar-refractivity contribution in [1.29, 1.82) is 0 Å². The minimum Gasteiger partial charge on any atom is -0.312 e. The summed E-state index contributed by atoms with van der Waals surface area (Å²) in [5, 5.41) is 5.00. The molecular formula is C14H19Cl2N. The van der Waals surface area contributed by atoms with Crippen LogP contribution < -0.4 is 5.32 Å². The zero-order chi connectivity index (χ0) is 12.5. The Balaban J connectivity index is 1.91. The Labute approximate surface area is 114 Å². The fourth-order valence-electron chi connectivity index (χ4n) is 2.26. The van der Waals surface area contributed by atoms with Gasteiger partial charge in [0.15, 0.2) is 0 Å². The SMILES string of the molecule is CC(C)C1(CNCc2c(Cl)cccc2Cl)CC1. The Morgan fingerprint density at radius 1 is 1.24 bits per heavy atom. The van der Waals surface area contributed by atoms with Crippen LogP contribution in [-0.2, 0) is 6.54 Å². The van der Waals surface area contributed by atoms with Crippen LogP contribution >= 0.6 is 23.2 Å². The van der Waals surface area contributed by atoms with Crippen molar-refractivity contribution in [3.05, 3.63) is 33.8 Å². The van der Waals surface area contributed by atoms with Crippen LogP contribution in [0.25, 0.3) is 0 Å². The third-order valence-corrected chi connectivity index (χ3v) is 4.67. The molecule has 0 heterocycles. The van der Waals surface area contributed by atoms with Gasteiger partial charge in [-0.1, -0.05) is 43.1 Å². The van der Waals surface area contributed by atoms with E-state index < -0.39 is 0 Å². The summed E-state index contributed by atoms with van der Waals surface area (Å²) in [4.78, 5) is 0. The highest BCUT2D eigenvalue weighted by Gasteiger charge is 2.44. The molecule has 0 aliphatic heterocycles. The van der Waals surface area contributed by atoms with Gasteiger partial charge >= 0.3 is 0 Å². The van der Waals surface area contributed by atoms with E-state index in [4.69, 9.17) is 23.2 Å². The van der Waals surface area contributed by atoms with Gasteiger partial charge in [-0.05, 0) is 36.3 Å². The quantitative estimate of drug-likeness (QED) is 0.831. The standard InChI is InChI=1S/C14H19Cl2N/c1-10(2)14(6-7-14)9-17-8-11-12(15)4-3-5-13(11)16/h3-5,10,17H,6-9H2,1-2H3. The van der Waals surface area contributed by atoms with E-state index in [1.165, 1.54) is 12.8 Å². The zero-order valence-corrected chi connectivity index (χ0v) is 11.9. The van der Waals surface area contributed by atoms with Crippen molar-refractivity contribution in [3.8, 4) is 0 Å². The van der Waals surface area contributed by atoms with Crippen molar-refractivity contribution in [2.75, 3.05) is 6.54 Å². The molecule has 3 heteroatoms. The van der Waals surface area contributed by atoms with E-state index in [0.29, 0.717) is 5.41 Å². The fraction of sp³-hybridized carbons (Fsp3) is 0.571. The first-order valence-electron chi connectivity index (χ1n) is 6.19. The summed E-state index contributed by atoms with van der Waals surface area (Å²) in [6, 6.07) is 5.66. The van der Waals surface area contributed by atoms with Crippen LogP contribution in [0.3, 0.4) is 0 Å². The van der Waals surface area contributed by atoms with Crippen molar-refractivity contribution in [2.45, 2.75) is 33.2 Å². The Morgan fingerprint density at radius 3 is 2.29 bits per heavy atom. The van der Waals surface area contributed by atoms with Gasteiger partial charge in [-0.25, -0.2) is 0 Å². The molecule has 2 rings (SSSR count). The van der Waals surface area contributed by atoms with Crippen LogP contribution in [0.2, 0.25) is 10.0 Å². The second-order valence-electron chi connectivity index (χ2n) is 5.32. The average Bonchev–Trinajstić information content (AvgIpc) is 3.03. The number of rotatable bonds is 5. The molecule has 1 aromatic carbocycles. The fourth-order valence-corrected chi connectivity index (χ4v) is 2.79. The van der Waals surface area contributed by atoms with Crippen LogP contribution in [0.5, 0.6) is 0 Å². The van der Waals surface area contributed by atoms with E-state index in [0.717, 1.165) is 34.6 Å². The summed E-state index contributed by atoms with van der Waals surface area (Å²) in [7, 11) is 0. The van der Waals surface area contributed by atoms with Gasteiger partial charge in [0, 0.05) is 28.7 Å². The molecule has 0 amide bonds. The van der Waals surface area contributed by atoms with Crippen LogP contribution in [0.1, 0.15) is 32.3 Å². The summed E-state index contributed by atoms with van der Waals surface area (Å²) in [6.07, 6.45) is 2.68. The van der Waals surface area contributed by atoms with E-state index in [9.17, 15) is 0 Å². The molecule has 0 atom stereocenters. The summed E-state index contributed by atoms with van der Waals surface area (Å²) < 4.78 is 0. The van der Waals surface area contributed by atoms with Crippen LogP contribution in [0.4, 0.5) is 0 Å². The van der Waals surface area contributed by atoms with Crippen molar-refractivity contribution in [1.82, 2.24) is 5.32 Å². The van der Waals surface area contributed by atoms with Crippen LogP contribution in [-0.4, -0.2) is 6.54 Å². The van der Waals surface area contributed by atoms with Crippen molar-refractivity contribution >= 4 is 23.2 Å². The predicted molar refractivity (Wildman–Crippen MR) is 74.7 cm³/mol. The third kappa shape index (κ3) is 2.96. The van der Waals surface area contributed by atoms with E-state index in [2.05, 4.69) is 19.2 Å². The molecule has 0 spiro atoms. The second kappa shape index (κ2) is 5.17. The van der Waals surface area contributed by atoms with Crippen molar-refractivity contribution in [2.24, 2.45) is 11.3 Å². The molecule has 0 saturated heterocycles. The first kappa shape index (κ1) is 13.2. The molecule has 1 N–H and O–H groups in total. The van der Waals surface area contributed by atoms with Gasteiger partial charge in [0.2, 0.25) is 0 Å². The zero-order valence-electron chi connectivity index (χ0n) is 10.4. The predicted octanol–water partition coefficient (Wildman–Crippen LogP) is 4.52. The largest absolute Gasteiger partial charge is 0.312 e. The Morgan fingerprint density at radius 2 is 1.82 bits per heavy atom. The van der Waals surface area contributed by atoms with Gasteiger partial charge in [-0.15, -0.1) is 0 Å². The lowest BCUT2D eigenvalue weighted by Gasteiger charge is -2.20. The summed E-state index contributed by atoms with van der Waals surface area (Å²) in [6.45, 7) is 6.42. The normalized spacial score (nSPS) is 17.5. The summed E-state index contributed by atoms with van der Waals surface area (Å²) >= 11 is 12.3. The first-order valence-corrected chi connectivity index (χ1v) is 6.94. The number of hydrogen-bond donors (Lipinski definition) is 1. The summed E-state index contributed by atoms with van der Waals surface area (Å²) in [5.74, 6) is 0.747. The minimum atomic E-state index is 0.522. The van der Waals surface area contributed by atoms with Gasteiger partial charge in [-0.2, -0.15) is 0 Å². The Kier molecular flexibility index (Phi) is 4.02. The van der Waals surface area contributed by atoms with Crippen LogP contribution in [0.15, 0.2) is 18.2 Å². The number of hydrogen-bond acceptors (Lipinski definition) is 1. The first-order chi connectivity index (χ1) is 8.05. The van der Waals surface area contributed by atoms with E-state index in [1.807, 2.05) is 18.2 Å². The Bertz CT molecular complexity index is 377. The molecule has 1 fully saturated rings. The molecule has 17 heavy (non-hydrogen) atoms. The monoisotopic (exact) mass is 271 g/mol. The number of halogens is 2. The minimum absolute atomic E-state index is 0.522. The lowest BCUT2D eigenvalue weighted by molar-refractivity contribution is 0.338. The van der Waals surface area contributed by atoms with Crippen molar-refractivity contribution < 1.29 is 0 Å². The Hall–Kier alpha value is -0.240.